The van der Waals surface area contributed by atoms with Gasteiger partial charge in [-0.1, -0.05) is 30.3 Å². The van der Waals surface area contributed by atoms with Crippen molar-refractivity contribution >= 4 is 17.5 Å². The van der Waals surface area contributed by atoms with Gasteiger partial charge in [0.15, 0.2) is 0 Å². The van der Waals surface area contributed by atoms with Crippen LogP contribution >= 0.6 is 11.6 Å². The molecule has 1 aromatic rings. The molecule has 0 spiro atoms. The summed E-state index contributed by atoms with van der Waals surface area (Å²) in [7, 11) is 0. The Morgan fingerprint density at radius 2 is 1.84 bits per heavy atom. The number of nitrogens with zero attached hydrogens (tertiary/aromatic N) is 2. The number of amides is 1. The number of β-amino-alcohol motifs (C(OH)–C–C–N with tert-alkyl or cyclic N) is 1. The van der Waals surface area contributed by atoms with E-state index in [2.05, 4.69) is 4.90 Å². The molecule has 1 N–H and O–H groups in total. The van der Waals surface area contributed by atoms with Gasteiger partial charge in [-0.15, -0.1) is 11.6 Å². The molecule has 0 saturated carbocycles. The number of alkyl halides is 1. The Kier molecular flexibility index (Phi) is 5.19. The van der Waals surface area contributed by atoms with Gasteiger partial charge >= 0.3 is 0 Å². The molecule has 1 fully saturated rings. The quantitative estimate of drug-likeness (QED) is 0.841. The summed E-state index contributed by atoms with van der Waals surface area (Å²) in [4.78, 5) is 16.2. The maximum atomic E-state index is 12.3. The first-order chi connectivity index (χ1) is 9.22. The largest absolute Gasteiger partial charge is 0.395 e. The molecule has 0 bridgehead atoms. The molecule has 0 radical (unpaired) electrons. The number of benzene rings is 1. The maximum absolute atomic E-state index is 12.3. The van der Waals surface area contributed by atoms with Crippen molar-refractivity contribution in [1.82, 2.24) is 9.80 Å². The predicted molar refractivity (Wildman–Crippen MR) is 75.1 cm³/mol. The van der Waals surface area contributed by atoms with Crippen LogP contribution in [0.25, 0.3) is 0 Å². The summed E-state index contributed by atoms with van der Waals surface area (Å²) >= 11 is 6.24. The number of halogens is 1. The van der Waals surface area contributed by atoms with Crippen molar-refractivity contribution in [3.63, 3.8) is 0 Å². The van der Waals surface area contributed by atoms with Crippen LogP contribution in [-0.2, 0) is 4.79 Å². The number of hydrogen-bond donors (Lipinski definition) is 1. The van der Waals surface area contributed by atoms with Crippen molar-refractivity contribution in [3.8, 4) is 0 Å². The van der Waals surface area contributed by atoms with E-state index in [9.17, 15) is 4.79 Å². The second-order valence-electron chi connectivity index (χ2n) is 4.66. The third-order valence-corrected chi connectivity index (χ3v) is 3.85. The Bertz CT molecular complexity index is 405. The zero-order chi connectivity index (χ0) is 13.7. The van der Waals surface area contributed by atoms with Crippen LogP contribution < -0.4 is 0 Å². The lowest BCUT2D eigenvalue weighted by atomic mass is 10.1. The molecule has 5 heteroatoms. The predicted octanol–water partition coefficient (Wildman–Crippen LogP) is 1.10. The number of piperazine rings is 1. The summed E-state index contributed by atoms with van der Waals surface area (Å²) in [6.45, 7) is 3.78. The lowest BCUT2D eigenvalue weighted by Gasteiger charge is -2.35. The number of aliphatic hydroxyl groups excluding tert-OH is 1. The van der Waals surface area contributed by atoms with Gasteiger partial charge in [-0.2, -0.15) is 0 Å². The van der Waals surface area contributed by atoms with Crippen molar-refractivity contribution in [3.05, 3.63) is 35.9 Å². The zero-order valence-corrected chi connectivity index (χ0v) is 11.6. The van der Waals surface area contributed by atoms with Gasteiger partial charge < -0.3 is 10.0 Å². The molecule has 4 nitrogen and oxygen atoms in total. The van der Waals surface area contributed by atoms with Gasteiger partial charge in [-0.3, -0.25) is 9.69 Å². The van der Waals surface area contributed by atoms with Gasteiger partial charge in [0.1, 0.15) is 5.38 Å². The van der Waals surface area contributed by atoms with Gasteiger partial charge in [0.05, 0.1) is 6.61 Å². The molecule has 104 valence electrons. The van der Waals surface area contributed by atoms with Crippen LogP contribution in [0.1, 0.15) is 10.9 Å². The number of carbonyl (C=O) groups is 1. The topological polar surface area (TPSA) is 43.8 Å². The molecule has 1 heterocycles. The van der Waals surface area contributed by atoms with Gasteiger partial charge in [0.25, 0.3) is 0 Å². The van der Waals surface area contributed by atoms with Crippen molar-refractivity contribution < 1.29 is 9.90 Å². The highest BCUT2D eigenvalue weighted by atomic mass is 35.5. The standard InChI is InChI=1S/C14H19ClN2O2/c15-13(12-4-2-1-3-5-12)14(19)17-8-6-16(7-9-17)10-11-18/h1-5,13,18H,6-11H2. The van der Waals surface area contributed by atoms with E-state index in [1.165, 1.54) is 0 Å². The first-order valence-corrected chi connectivity index (χ1v) is 6.97. The Labute approximate surface area is 118 Å². The van der Waals surface area contributed by atoms with E-state index in [-0.39, 0.29) is 12.5 Å². The van der Waals surface area contributed by atoms with Crippen LogP contribution in [0.15, 0.2) is 30.3 Å². The minimum Gasteiger partial charge on any atom is -0.395 e. The second-order valence-corrected chi connectivity index (χ2v) is 5.10. The molecule has 1 aliphatic heterocycles. The van der Waals surface area contributed by atoms with Gasteiger partial charge in [0, 0.05) is 32.7 Å². The summed E-state index contributed by atoms with van der Waals surface area (Å²) in [5.41, 5.74) is 0.840. The Balaban J connectivity index is 1.91. The smallest absolute Gasteiger partial charge is 0.245 e. The highest BCUT2D eigenvalue weighted by Crippen LogP contribution is 2.23. The molecule has 1 atom stereocenters. The van der Waals surface area contributed by atoms with Crippen LogP contribution in [0.5, 0.6) is 0 Å². The fourth-order valence-corrected chi connectivity index (χ4v) is 2.54. The summed E-state index contributed by atoms with van der Waals surface area (Å²) < 4.78 is 0. The molecule has 0 aromatic heterocycles. The van der Waals surface area contributed by atoms with Crippen LogP contribution in [0.3, 0.4) is 0 Å². The fraction of sp³-hybridized carbons (Fsp3) is 0.500. The lowest BCUT2D eigenvalue weighted by Crippen LogP contribution is -2.50. The number of carbonyl (C=O) groups excluding carboxylic acids is 1. The normalized spacial score (nSPS) is 18.3. The molecule has 1 unspecified atom stereocenters. The van der Waals surface area contributed by atoms with Crippen LogP contribution in [0.2, 0.25) is 0 Å². The van der Waals surface area contributed by atoms with Crippen molar-refractivity contribution in [2.45, 2.75) is 5.38 Å². The minimum absolute atomic E-state index is 0.0310. The van der Waals surface area contributed by atoms with Crippen molar-refractivity contribution in [2.24, 2.45) is 0 Å². The van der Waals surface area contributed by atoms with Crippen molar-refractivity contribution in [2.75, 3.05) is 39.3 Å². The third kappa shape index (κ3) is 3.69. The molecular formula is C14H19ClN2O2. The second kappa shape index (κ2) is 6.89. The summed E-state index contributed by atoms with van der Waals surface area (Å²) in [6.07, 6.45) is 0. The van der Waals surface area contributed by atoms with Gasteiger partial charge in [0.2, 0.25) is 5.91 Å². The van der Waals surface area contributed by atoms with Crippen LogP contribution in [-0.4, -0.2) is 60.1 Å². The average molecular weight is 283 g/mol. The van der Waals surface area contributed by atoms with E-state index in [1.807, 2.05) is 30.3 Å². The monoisotopic (exact) mass is 282 g/mol. The summed E-state index contributed by atoms with van der Waals surface area (Å²) in [5.74, 6) is -0.0310. The molecule has 1 amide bonds. The molecular weight excluding hydrogens is 264 g/mol. The number of aliphatic hydroxyl groups is 1. The highest BCUT2D eigenvalue weighted by molar-refractivity contribution is 6.30. The zero-order valence-electron chi connectivity index (χ0n) is 10.8. The fourth-order valence-electron chi connectivity index (χ4n) is 2.26. The van der Waals surface area contributed by atoms with Crippen molar-refractivity contribution in [1.29, 1.82) is 0 Å². The minimum atomic E-state index is -0.606. The Morgan fingerprint density at radius 1 is 1.21 bits per heavy atom. The van der Waals surface area contributed by atoms with E-state index < -0.39 is 5.38 Å². The first kappa shape index (κ1) is 14.3. The summed E-state index contributed by atoms with van der Waals surface area (Å²) in [5, 5.41) is 8.28. The van der Waals surface area contributed by atoms with E-state index in [1.54, 1.807) is 4.90 Å². The number of rotatable bonds is 4. The van der Waals surface area contributed by atoms with Gasteiger partial charge in [-0.05, 0) is 5.56 Å². The van der Waals surface area contributed by atoms with E-state index in [4.69, 9.17) is 16.7 Å². The SMILES string of the molecule is O=C(C(Cl)c1ccccc1)N1CCN(CCO)CC1. The summed E-state index contributed by atoms with van der Waals surface area (Å²) in [6, 6.07) is 9.43. The van der Waals surface area contributed by atoms with Gasteiger partial charge in [-0.25, -0.2) is 0 Å². The molecule has 2 rings (SSSR count). The molecule has 1 saturated heterocycles. The molecule has 1 aliphatic rings. The van der Waals surface area contributed by atoms with Crippen LogP contribution in [0, 0.1) is 0 Å². The maximum Gasteiger partial charge on any atom is 0.245 e. The number of hydrogen-bond acceptors (Lipinski definition) is 3. The average Bonchev–Trinajstić information content (AvgIpc) is 2.48. The molecule has 19 heavy (non-hydrogen) atoms. The Hall–Kier alpha value is -1.10. The van der Waals surface area contributed by atoms with E-state index in [0.717, 1.165) is 18.7 Å². The molecule has 1 aromatic carbocycles. The lowest BCUT2D eigenvalue weighted by molar-refractivity contribution is -0.132. The van der Waals surface area contributed by atoms with E-state index >= 15 is 0 Å². The Morgan fingerprint density at radius 3 is 2.42 bits per heavy atom. The van der Waals surface area contributed by atoms with E-state index in [0.29, 0.717) is 19.6 Å². The van der Waals surface area contributed by atoms with Crippen LogP contribution in [0.4, 0.5) is 0 Å². The molecule has 0 aliphatic carbocycles. The first-order valence-electron chi connectivity index (χ1n) is 6.53. The highest BCUT2D eigenvalue weighted by Gasteiger charge is 2.26. The third-order valence-electron chi connectivity index (χ3n) is 3.41.